The molecular weight excluding hydrogens is 265 g/mol. The van der Waals surface area contributed by atoms with Crippen LogP contribution < -0.4 is 0 Å². The maximum Gasteiger partial charge on any atom is 0.410 e. The van der Waals surface area contributed by atoms with Crippen molar-refractivity contribution < 1.29 is 9.53 Å². The van der Waals surface area contributed by atoms with Gasteiger partial charge in [-0.1, -0.05) is 6.92 Å². The lowest BCUT2D eigenvalue weighted by molar-refractivity contribution is 0.0237. The quantitative estimate of drug-likeness (QED) is 0.327. The van der Waals surface area contributed by atoms with Gasteiger partial charge in [0.25, 0.3) is 0 Å². The molecule has 0 aromatic carbocycles. The molecule has 21 heavy (non-hydrogen) atoms. The van der Waals surface area contributed by atoms with Crippen molar-refractivity contribution in [1.29, 1.82) is 0 Å². The molecule has 0 unspecified atom stereocenters. The summed E-state index contributed by atoms with van der Waals surface area (Å²) in [6, 6.07) is 0. The van der Waals surface area contributed by atoms with E-state index in [4.69, 9.17) is 12.6 Å². The fraction of sp³-hybridized carbons (Fsp3) is 0.733. The van der Waals surface area contributed by atoms with E-state index in [0.717, 1.165) is 6.42 Å². The first-order chi connectivity index (χ1) is 9.65. The molecule has 0 N–H and O–H groups in total. The van der Waals surface area contributed by atoms with E-state index in [-0.39, 0.29) is 6.09 Å². The Bertz CT molecular complexity index is 323. The van der Waals surface area contributed by atoms with E-state index >= 15 is 0 Å². The Hall–Kier alpha value is -1.46. The molecule has 0 aromatic heterocycles. The predicted octanol–water partition coefficient (Wildman–Crippen LogP) is 2.87. The molecule has 1 amide bonds. The first-order valence-corrected chi connectivity index (χ1v) is 7.15. The number of carbonyl (C=O) groups is 1. The minimum atomic E-state index is -0.471. The molecule has 0 bridgehead atoms. The van der Waals surface area contributed by atoms with Crippen molar-refractivity contribution in [3.8, 4) is 0 Å². The molecule has 0 spiro atoms. The van der Waals surface area contributed by atoms with Crippen LogP contribution in [0.15, 0.2) is 18.3 Å². The summed E-state index contributed by atoms with van der Waals surface area (Å²) in [5, 5.41) is 5.82. The molecule has 5 nitrogen and oxygen atoms in total. The first kappa shape index (κ1) is 21.8. The molecule has 0 heterocycles. The van der Waals surface area contributed by atoms with Crippen LogP contribution >= 0.6 is 0 Å². The largest absolute Gasteiger partial charge is 0.444 e. The van der Waals surface area contributed by atoms with Gasteiger partial charge >= 0.3 is 6.09 Å². The molecule has 120 valence electrons. The van der Waals surface area contributed by atoms with Gasteiger partial charge in [0.2, 0.25) is 0 Å². The van der Waals surface area contributed by atoms with Gasteiger partial charge in [-0.2, -0.15) is 5.10 Å². The Kier molecular flexibility index (Phi) is 11.7. The van der Waals surface area contributed by atoms with Gasteiger partial charge in [0, 0.05) is 20.1 Å². The van der Waals surface area contributed by atoms with Crippen molar-refractivity contribution in [3.63, 3.8) is 0 Å². The van der Waals surface area contributed by atoms with E-state index in [2.05, 4.69) is 18.3 Å². The molecule has 0 aliphatic heterocycles. The van der Waals surface area contributed by atoms with Gasteiger partial charge in [-0.15, -0.1) is 13.2 Å². The highest BCUT2D eigenvalue weighted by molar-refractivity contribution is 6.58. The Labute approximate surface area is 131 Å². The number of carbonyl (C=O) groups excluding carboxylic acids is 1. The van der Waals surface area contributed by atoms with E-state index in [1.807, 2.05) is 34.7 Å². The summed E-state index contributed by atoms with van der Waals surface area (Å²) in [6.45, 7) is 17.2. The molecule has 0 aliphatic rings. The van der Waals surface area contributed by atoms with Crippen molar-refractivity contribution >= 4 is 19.6 Å². The predicted molar refractivity (Wildman–Crippen MR) is 90.8 cm³/mol. The molecule has 0 saturated heterocycles. The standard InChI is InChI=1S/C13H26BN3O2.C2H4/c1-7-8-17(12(18)19-13(3,4)5)10-9-16(6)15-11(2)14;1-2/h7-10H2,1-6H3;1-2H2/b15-11+;. The Morgan fingerprint density at radius 2 is 1.76 bits per heavy atom. The van der Waals surface area contributed by atoms with Crippen LogP contribution in [0.5, 0.6) is 0 Å². The summed E-state index contributed by atoms with van der Waals surface area (Å²) in [4.78, 5) is 13.7. The van der Waals surface area contributed by atoms with E-state index in [1.165, 1.54) is 0 Å². The van der Waals surface area contributed by atoms with Crippen molar-refractivity contribution in [1.82, 2.24) is 9.91 Å². The Morgan fingerprint density at radius 1 is 1.24 bits per heavy atom. The van der Waals surface area contributed by atoms with Gasteiger partial charge in [-0.3, -0.25) is 5.01 Å². The van der Waals surface area contributed by atoms with Gasteiger partial charge in [-0.25, -0.2) is 4.79 Å². The summed E-state index contributed by atoms with van der Waals surface area (Å²) < 4.78 is 5.37. The second-order valence-electron chi connectivity index (χ2n) is 5.59. The fourth-order valence-electron chi connectivity index (χ4n) is 1.48. The average Bonchev–Trinajstić information content (AvgIpc) is 2.33. The van der Waals surface area contributed by atoms with E-state index < -0.39 is 5.60 Å². The zero-order chi connectivity index (χ0) is 17.1. The summed E-state index contributed by atoms with van der Waals surface area (Å²) in [5.74, 6) is 0. The zero-order valence-corrected chi connectivity index (χ0v) is 14.5. The second-order valence-corrected chi connectivity index (χ2v) is 5.59. The average molecular weight is 295 g/mol. The van der Waals surface area contributed by atoms with Crippen LogP contribution in [-0.2, 0) is 4.74 Å². The number of rotatable bonds is 6. The van der Waals surface area contributed by atoms with Crippen molar-refractivity contribution in [2.24, 2.45) is 5.10 Å². The van der Waals surface area contributed by atoms with Crippen LogP contribution in [0, 0.1) is 0 Å². The number of hydrazone groups is 1. The van der Waals surface area contributed by atoms with Crippen LogP contribution in [0.4, 0.5) is 4.79 Å². The number of amides is 1. The van der Waals surface area contributed by atoms with E-state index in [1.54, 1.807) is 16.8 Å². The summed E-state index contributed by atoms with van der Waals surface area (Å²) in [5.41, 5.74) is 0.0304. The SMILES string of the molecule is C=C.[B]/C(C)=N/N(C)CCN(CCC)C(=O)OC(C)(C)C. The normalized spacial score (nSPS) is 11.2. The Balaban J connectivity index is 0. The summed E-state index contributed by atoms with van der Waals surface area (Å²) in [7, 11) is 7.33. The van der Waals surface area contributed by atoms with Crippen molar-refractivity contribution in [2.45, 2.75) is 46.6 Å². The van der Waals surface area contributed by atoms with Gasteiger partial charge in [0.05, 0.1) is 6.54 Å². The highest BCUT2D eigenvalue weighted by atomic mass is 16.6. The number of ether oxygens (including phenoxy) is 1. The number of hydrogen-bond acceptors (Lipinski definition) is 4. The smallest absolute Gasteiger partial charge is 0.410 e. The van der Waals surface area contributed by atoms with Gasteiger partial charge in [0.15, 0.2) is 0 Å². The maximum absolute atomic E-state index is 12.0. The van der Waals surface area contributed by atoms with Gasteiger partial charge in [-0.05, 0) is 39.7 Å². The molecule has 0 aromatic rings. The third-order valence-electron chi connectivity index (χ3n) is 2.17. The molecule has 0 fully saturated rings. The monoisotopic (exact) mass is 295 g/mol. The number of likely N-dealkylation sites (N-methyl/N-ethyl adjacent to an activating group) is 1. The lowest BCUT2D eigenvalue weighted by Crippen LogP contribution is -2.40. The molecule has 0 saturated carbocycles. The summed E-state index contributed by atoms with van der Waals surface area (Å²) in [6.07, 6.45) is 0.610. The highest BCUT2D eigenvalue weighted by Gasteiger charge is 2.21. The zero-order valence-electron chi connectivity index (χ0n) is 14.5. The molecular formula is C15H30BN3O2. The third kappa shape index (κ3) is 13.3. The van der Waals surface area contributed by atoms with Crippen LogP contribution in [0.2, 0.25) is 0 Å². The van der Waals surface area contributed by atoms with Crippen LogP contribution in [0.3, 0.4) is 0 Å². The molecule has 2 radical (unpaired) electrons. The maximum atomic E-state index is 12.0. The first-order valence-electron chi connectivity index (χ1n) is 7.15. The summed E-state index contributed by atoms with van der Waals surface area (Å²) >= 11 is 0. The lowest BCUT2D eigenvalue weighted by Gasteiger charge is -2.28. The molecule has 0 atom stereocenters. The van der Waals surface area contributed by atoms with Gasteiger partial charge in [0.1, 0.15) is 13.4 Å². The van der Waals surface area contributed by atoms with E-state index in [0.29, 0.717) is 25.2 Å². The molecule has 0 aliphatic carbocycles. The van der Waals surface area contributed by atoms with Crippen LogP contribution in [-0.4, -0.2) is 61.7 Å². The van der Waals surface area contributed by atoms with Crippen molar-refractivity contribution in [2.75, 3.05) is 26.7 Å². The Morgan fingerprint density at radius 3 is 2.14 bits per heavy atom. The fourth-order valence-corrected chi connectivity index (χ4v) is 1.48. The number of hydrogen-bond donors (Lipinski definition) is 0. The third-order valence-corrected chi connectivity index (χ3v) is 2.17. The lowest BCUT2D eigenvalue weighted by atomic mass is 10.1. The second kappa shape index (κ2) is 11.2. The molecule has 0 rings (SSSR count). The van der Waals surface area contributed by atoms with Crippen LogP contribution in [0.25, 0.3) is 0 Å². The van der Waals surface area contributed by atoms with Gasteiger partial charge < -0.3 is 9.64 Å². The van der Waals surface area contributed by atoms with Crippen molar-refractivity contribution in [3.05, 3.63) is 13.2 Å². The number of nitrogens with zero attached hydrogens (tertiary/aromatic N) is 3. The topological polar surface area (TPSA) is 45.1 Å². The highest BCUT2D eigenvalue weighted by Crippen LogP contribution is 2.10. The minimum Gasteiger partial charge on any atom is -0.444 e. The minimum absolute atomic E-state index is 0.281. The molecule has 6 heteroatoms. The van der Waals surface area contributed by atoms with E-state index in [9.17, 15) is 4.79 Å². The van der Waals surface area contributed by atoms with Crippen LogP contribution in [0.1, 0.15) is 41.0 Å².